The third kappa shape index (κ3) is 4.37. The average Bonchev–Trinajstić information content (AvgIpc) is 2.39. The normalized spacial score (nSPS) is 11.5. The molecule has 18 heavy (non-hydrogen) atoms. The van der Waals surface area contributed by atoms with Crippen molar-refractivity contribution in [3.8, 4) is 0 Å². The quantitative estimate of drug-likeness (QED) is 0.715. The van der Waals surface area contributed by atoms with Crippen LogP contribution in [0.2, 0.25) is 0 Å². The van der Waals surface area contributed by atoms with E-state index in [9.17, 15) is 9.36 Å². The number of Topliss-reactive ketones (excluding diaryl/α,β-unsaturated/α-hetero) is 1. The molecule has 0 heterocycles. The fourth-order valence-corrected chi connectivity index (χ4v) is 2.55. The fraction of sp³-hybridized carbons (Fsp3) is 0.462. The SMILES string of the molecule is CCc1ccc(CC(=O)CP(=O)(OC)OC)cc1. The van der Waals surface area contributed by atoms with Crippen LogP contribution in [0.1, 0.15) is 18.1 Å². The van der Waals surface area contributed by atoms with Crippen LogP contribution in [0.15, 0.2) is 24.3 Å². The second-order valence-electron chi connectivity index (χ2n) is 4.02. The first-order valence-electron chi connectivity index (χ1n) is 5.83. The van der Waals surface area contributed by atoms with Crippen LogP contribution in [0.3, 0.4) is 0 Å². The molecule has 0 atom stereocenters. The monoisotopic (exact) mass is 270 g/mol. The highest BCUT2D eigenvalue weighted by molar-refractivity contribution is 7.54. The largest absolute Gasteiger partial charge is 0.337 e. The van der Waals surface area contributed by atoms with E-state index in [-0.39, 0.29) is 18.4 Å². The molecule has 5 heteroatoms. The Balaban J connectivity index is 2.61. The van der Waals surface area contributed by atoms with Gasteiger partial charge in [0.05, 0.1) is 0 Å². The van der Waals surface area contributed by atoms with E-state index in [1.54, 1.807) is 0 Å². The second kappa shape index (κ2) is 6.83. The second-order valence-corrected chi connectivity index (χ2v) is 6.29. The smallest absolute Gasteiger partial charge is 0.312 e. The van der Waals surface area contributed by atoms with Gasteiger partial charge in [0.2, 0.25) is 0 Å². The maximum atomic E-state index is 11.8. The Morgan fingerprint density at radius 1 is 1.11 bits per heavy atom. The van der Waals surface area contributed by atoms with E-state index in [2.05, 4.69) is 6.92 Å². The van der Waals surface area contributed by atoms with E-state index in [0.29, 0.717) is 0 Å². The molecule has 1 aromatic rings. The number of rotatable bonds is 7. The van der Waals surface area contributed by atoms with E-state index >= 15 is 0 Å². The summed E-state index contributed by atoms with van der Waals surface area (Å²) in [6, 6.07) is 7.83. The zero-order valence-corrected chi connectivity index (χ0v) is 11.9. The first-order valence-corrected chi connectivity index (χ1v) is 7.56. The van der Waals surface area contributed by atoms with Crippen LogP contribution in [-0.2, 0) is 31.2 Å². The van der Waals surface area contributed by atoms with Crippen molar-refractivity contribution in [1.82, 2.24) is 0 Å². The molecule has 0 fully saturated rings. The first kappa shape index (κ1) is 15.1. The van der Waals surface area contributed by atoms with E-state index < -0.39 is 7.60 Å². The summed E-state index contributed by atoms with van der Waals surface area (Å²) in [4.78, 5) is 11.8. The Morgan fingerprint density at radius 3 is 2.06 bits per heavy atom. The number of ketones is 1. The highest BCUT2D eigenvalue weighted by atomic mass is 31.2. The van der Waals surface area contributed by atoms with Crippen LogP contribution in [-0.4, -0.2) is 26.2 Å². The van der Waals surface area contributed by atoms with Gasteiger partial charge in [0.1, 0.15) is 11.9 Å². The molecule has 0 bridgehead atoms. The van der Waals surface area contributed by atoms with Crippen LogP contribution >= 0.6 is 7.60 Å². The third-order valence-electron chi connectivity index (χ3n) is 2.76. The predicted molar refractivity (Wildman–Crippen MR) is 71.0 cm³/mol. The summed E-state index contributed by atoms with van der Waals surface area (Å²) in [5.41, 5.74) is 2.14. The molecule has 1 aromatic carbocycles. The predicted octanol–water partition coefficient (Wildman–Crippen LogP) is 2.85. The maximum absolute atomic E-state index is 11.8. The van der Waals surface area contributed by atoms with Gasteiger partial charge in [-0.3, -0.25) is 9.36 Å². The van der Waals surface area contributed by atoms with Crippen LogP contribution in [0.25, 0.3) is 0 Å². The molecule has 0 aliphatic carbocycles. The van der Waals surface area contributed by atoms with Gasteiger partial charge in [-0.15, -0.1) is 0 Å². The van der Waals surface area contributed by atoms with Gasteiger partial charge in [0.25, 0.3) is 0 Å². The number of carbonyl (C=O) groups excluding carboxylic acids is 1. The standard InChI is InChI=1S/C13H19O4P/c1-4-11-5-7-12(8-6-11)9-13(14)10-18(15,16-2)17-3/h5-8H,4,9-10H2,1-3H3. The summed E-state index contributed by atoms with van der Waals surface area (Å²) in [6.45, 7) is 2.08. The Kier molecular flexibility index (Phi) is 5.73. The number of carbonyl (C=O) groups is 1. The van der Waals surface area contributed by atoms with Crippen molar-refractivity contribution in [3.05, 3.63) is 35.4 Å². The van der Waals surface area contributed by atoms with Crippen molar-refractivity contribution in [2.75, 3.05) is 20.4 Å². The lowest BCUT2D eigenvalue weighted by Crippen LogP contribution is -2.10. The highest BCUT2D eigenvalue weighted by Crippen LogP contribution is 2.46. The van der Waals surface area contributed by atoms with Crippen molar-refractivity contribution in [2.24, 2.45) is 0 Å². The summed E-state index contributed by atoms with van der Waals surface area (Å²) in [7, 11) is -0.668. The lowest BCUT2D eigenvalue weighted by atomic mass is 10.1. The molecule has 0 aliphatic heterocycles. The van der Waals surface area contributed by atoms with Crippen molar-refractivity contribution in [1.29, 1.82) is 0 Å². The zero-order chi connectivity index (χ0) is 13.6. The molecular formula is C13H19O4P. The molecule has 0 N–H and O–H groups in total. The molecule has 0 saturated carbocycles. The molecular weight excluding hydrogens is 251 g/mol. The van der Waals surface area contributed by atoms with Gasteiger partial charge >= 0.3 is 7.60 Å². The van der Waals surface area contributed by atoms with Gasteiger partial charge in [-0.05, 0) is 17.5 Å². The number of hydrogen-bond donors (Lipinski definition) is 0. The molecule has 0 unspecified atom stereocenters. The minimum atomic E-state index is -3.24. The van der Waals surface area contributed by atoms with Crippen LogP contribution in [0, 0.1) is 0 Å². The Morgan fingerprint density at radius 2 is 1.61 bits per heavy atom. The number of benzene rings is 1. The van der Waals surface area contributed by atoms with Crippen LogP contribution in [0.5, 0.6) is 0 Å². The van der Waals surface area contributed by atoms with E-state index in [1.807, 2.05) is 24.3 Å². The van der Waals surface area contributed by atoms with Gasteiger partial charge in [0, 0.05) is 20.6 Å². The first-order chi connectivity index (χ1) is 8.53. The minimum Gasteiger partial charge on any atom is -0.312 e. The molecule has 1 rings (SSSR count). The van der Waals surface area contributed by atoms with Gasteiger partial charge < -0.3 is 9.05 Å². The summed E-state index contributed by atoms with van der Waals surface area (Å²) in [5.74, 6) is -0.147. The van der Waals surface area contributed by atoms with Crippen LogP contribution in [0.4, 0.5) is 0 Å². The lowest BCUT2D eigenvalue weighted by Gasteiger charge is -2.12. The lowest BCUT2D eigenvalue weighted by molar-refractivity contribution is -0.116. The summed E-state index contributed by atoms with van der Waals surface area (Å²) >= 11 is 0. The topological polar surface area (TPSA) is 52.6 Å². The number of hydrogen-bond acceptors (Lipinski definition) is 4. The third-order valence-corrected chi connectivity index (χ3v) is 4.61. The Labute approximate surface area is 108 Å². The molecule has 4 nitrogen and oxygen atoms in total. The van der Waals surface area contributed by atoms with Gasteiger partial charge in [-0.25, -0.2) is 0 Å². The number of aryl methyl sites for hydroxylation is 1. The summed E-state index contributed by atoms with van der Waals surface area (Å²) in [5, 5.41) is 0. The van der Waals surface area contributed by atoms with Gasteiger partial charge in [-0.2, -0.15) is 0 Å². The van der Waals surface area contributed by atoms with Crippen molar-refractivity contribution >= 4 is 13.4 Å². The molecule has 0 saturated heterocycles. The molecule has 0 aromatic heterocycles. The molecule has 0 aliphatic rings. The highest BCUT2D eigenvalue weighted by Gasteiger charge is 2.25. The van der Waals surface area contributed by atoms with E-state index in [1.165, 1.54) is 19.8 Å². The van der Waals surface area contributed by atoms with Crippen molar-refractivity contribution < 1.29 is 18.4 Å². The Bertz CT molecular complexity index is 431. The van der Waals surface area contributed by atoms with Gasteiger partial charge in [-0.1, -0.05) is 31.2 Å². The van der Waals surface area contributed by atoms with Crippen molar-refractivity contribution in [3.63, 3.8) is 0 Å². The minimum absolute atomic E-state index is 0.147. The van der Waals surface area contributed by atoms with Crippen molar-refractivity contribution in [2.45, 2.75) is 19.8 Å². The molecule has 0 radical (unpaired) electrons. The zero-order valence-electron chi connectivity index (χ0n) is 11.0. The van der Waals surface area contributed by atoms with Crippen LogP contribution < -0.4 is 0 Å². The summed E-state index contributed by atoms with van der Waals surface area (Å²) < 4.78 is 21.3. The molecule has 0 spiro atoms. The van der Waals surface area contributed by atoms with Gasteiger partial charge in [0.15, 0.2) is 0 Å². The molecule has 100 valence electrons. The maximum Gasteiger partial charge on any atom is 0.337 e. The molecule has 0 amide bonds. The van der Waals surface area contributed by atoms with E-state index in [0.717, 1.165) is 12.0 Å². The summed E-state index contributed by atoms with van der Waals surface area (Å²) in [6.07, 6.45) is 1.03. The van der Waals surface area contributed by atoms with E-state index in [4.69, 9.17) is 9.05 Å². The Hall–Kier alpha value is -0.960. The fourth-order valence-electron chi connectivity index (χ4n) is 1.60. The average molecular weight is 270 g/mol.